The van der Waals surface area contributed by atoms with E-state index in [2.05, 4.69) is 10.1 Å². The summed E-state index contributed by atoms with van der Waals surface area (Å²) in [6, 6.07) is 13.6. The fourth-order valence-corrected chi connectivity index (χ4v) is 1.73. The van der Waals surface area contributed by atoms with Crippen molar-refractivity contribution in [2.45, 2.75) is 6.92 Å². The molecule has 0 spiro atoms. The smallest absolute Gasteiger partial charge is 0.417 e. The van der Waals surface area contributed by atoms with Crippen LogP contribution in [0.15, 0.2) is 48.5 Å². The van der Waals surface area contributed by atoms with Crippen LogP contribution in [-0.4, -0.2) is 19.2 Å². The van der Waals surface area contributed by atoms with Crippen molar-refractivity contribution in [3.8, 4) is 5.75 Å². The summed E-state index contributed by atoms with van der Waals surface area (Å²) in [6.45, 7) is 1.82. The van der Waals surface area contributed by atoms with Gasteiger partial charge < -0.3 is 9.47 Å². The predicted molar refractivity (Wildman–Crippen MR) is 78.6 cm³/mol. The largest absolute Gasteiger partial charge is 0.465 e. The maximum absolute atomic E-state index is 11.8. The molecule has 0 unspecified atom stereocenters. The first-order chi connectivity index (χ1) is 10.1. The molecule has 0 fully saturated rings. The van der Waals surface area contributed by atoms with Gasteiger partial charge >= 0.3 is 12.1 Å². The molecule has 1 amide bonds. The first kappa shape index (κ1) is 14.6. The average Bonchev–Trinajstić information content (AvgIpc) is 2.49. The zero-order valence-electron chi connectivity index (χ0n) is 11.8. The number of carbonyl (C=O) groups excluding carboxylic acids is 2. The highest BCUT2D eigenvalue weighted by Crippen LogP contribution is 2.18. The number of aryl methyl sites for hydroxylation is 1. The predicted octanol–water partition coefficient (Wildman–Crippen LogP) is 3.39. The van der Waals surface area contributed by atoms with Crippen LogP contribution in [-0.2, 0) is 4.74 Å². The van der Waals surface area contributed by atoms with Crippen molar-refractivity contribution in [3.63, 3.8) is 0 Å². The monoisotopic (exact) mass is 285 g/mol. The summed E-state index contributed by atoms with van der Waals surface area (Å²) in [5, 5.41) is 2.61. The van der Waals surface area contributed by atoms with E-state index in [1.807, 2.05) is 13.0 Å². The van der Waals surface area contributed by atoms with Gasteiger partial charge in [0, 0.05) is 5.69 Å². The minimum absolute atomic E-state index is 0.359. The number of ether oxygens (including phenoxy) is 2. The Labute approximate surface area is 122 Å². The maximum atomic E-state index is 11.8. The Morgan fingerprint density at radius 2 is 1.76 bits per heavy atom. The second-order valence-corrected chi connectivity index (χ2v) is 4.35. The Balaban J connectivity index is 2.11. The molecule has 0 aromatic heterocycles. The topological polar surface area (TPSA) is 64.6 Å². The summed E-state index contributed by atoms with van der Waals surface area (Å²) >= 11 is 0. The van der Waals surface area contributed by atoms with Crippen LogP contribution in [0.25, 0.3) is 0 Å². The molecule has 2 aromatic rings. The van der Waals surface area contributed by atoms with Crippen LogP contribution in [0.3, 0.4) is 0 Å². The summed E-state index contributed by atoms with van der Waals surface area (Å²) in [5.74, 6) is -0.0220. The number of rotatable bonds is 3. The minimum Gasteiger partial charge on any atom is -0.465 e. The van der Waals surface area contributed by atoms with Gasteiger partial charge in [0.2, 0.25) is 0 Å². The third kappa shape index (κ3) is 3.82. The number of methoxy groups -OCH3 is 1. The number of para-hydroxylation sites is 1. The van der Waals surface area contributed by atoms with Crippen LogP contribution in [0.5, 0.6) is 5.75 Å². The number of benzene rings is 2. The molecule has 5 heteroatoms. The Bertz CT molecular complexity index is 653. The molecule has 21 heavy (non-hydrogen) atoms. The zero-order chi connectivity index (χ0) is 15.2. The van der Waals surface area contributed by atoms with Gasteiger partial charge in [0.25, 0.3) is 0 Å². The molecule has 0 saturated carbocycles. The molecule has 0 bridgehead atoms. The highest BCUT2D eigenvalue weighted by molar-refractivity contribution is 5.93. The zero-order valence-corrected chi connectivity index (χ0v) is 11.8. The van der Waals surface area contributed by atoms with Crippen molar-refractivity contribution < 1.29 is 19.1 Å². The van der Waals surface area contributed by atoms with Crippen LogP contribution in [0.1, 0.15) is 15.9 Å². The molecule has 2 rings (SSSR count). The van der Waals surface area contributed by atoms with Crippen molar-refractivity contribution >= 4 is 17.7 Å². The molecule has 0 aliphatic rings. The minimum atomic E-state index is -0.619. The van der Waals surface area contributed by atoms with Gasteiger partial charge in [0.05, 0.1) is 12.7 Å². The number of carbonyl (C=O) groups is 2. The highest BCUT2D eigenvalue weighted by atomic mass is 16.6. The molecule has 5 nitrogen and oxygen atoms in total. The van der Waals surface area contributed by atoms with Gasteiger partial charge in [0.1, 0.15) is 5.75 Å². The number of nitrogens with one attached hydrogen (secondary N) is 1. The summed E-state index contributed by atoms with van der Waals surface area (Å²) in [6.07, 6.45) is -0.619. The van der Waals surface area contributed by atoms with E-state index in [1.165, 1.54) is 7.11 Å². The summed E-state index contributed by atoms with van der Waals surface area (Å²) in [4.78, 5) is 23.3. The maximum Gasteiger partial charge on any atom is 0.417 e. The first-order valence-electron chi connectivity index (χ1n) is 6.33. The lowest BCUT2D eigenvalue weighted by Gasteiger charge is -2.10. The van der Waals surface area contributed by atoms with Crippen LogP contribution < -0.4 is 10.1 Å². The molecular formula is C16H15NO4. The third-order valence-electron chi connectivity index (χ3n) is 2.85. The van der Waals surface area contributed by atoms with Gasteiger partial charge in [-0.15, -0.1) is 0 Å². The van der Waals surface area contributed by atoms with E-state index in [0.717, 1.165) is 5.56 Å². The molecule has 0 radical (unpaired) electrons. The second-order valence-electron chi connectivity index (χ2n) is 4.35. The van der Waals surface area contributed by atoms with Crippen LogP contribution in [0.4, 0.5) is 10.5 Å². The first-order valence-corrected chi connectivity index (χ1v) is 6.33. The molecule has 108 valence electrons. The van der Waals surface area contributed by atoms with Crippen LogP contribution in [0.2, 0.25) is 0 Å². The van der Waals surface area contributed by atoms with Gasteiger partial charge in [-0.2, -0.15) is 0 Å². The lowest BCUT2D eigenvalue weighted by Crippen LogP contribution is -2.17. The van der Waals surface area contributed by atoms with Gasteiger partial charge in [-0.05, 0) is 36.8 Å². The van der Waals surface area contributed by atoms with E-state index >= 15 is 0 Å². The average molecular weight is 285 g/mol. The normalized spacial score (nSPS) is 9.81. The Morgan fingerprint density at radius 3 is 2.43 bits per heavy atom. The van der Waals surface area contributed by atoms with Gasteiger partial charge in [-0.25, -0.2) is 9.59 Å². The van der Waals surface area contributed by atoms with Crippen molar-refractivity contribution in [1.29, 1.82) is 0 Å². The molecule has 0 saturated heterocycles. The van der Waals surface area contributed by atoms with E-state index in [0.29, 0.717) is 17.0 Å². The summed E-state index contributed by atoms with van der Waals surface area (Å²) < 4.78 is 9.78. The number of anilines is 1. The molecule has 1 N–H and O–H groups in total. The van der Waals surface area contributed by atoms with E-state index in [-0.39, 0.29) is 0 Å². The standard InChI is InChI=1S/C16H15NO4/c1-11-8-9-12(15(18)20-2)10-14(11)17-16(19)21-13-6-4-3-5-7-13/h3-10H,1-2H3,(H,17,19). The number of hydrogen-bond acceptors (Lipinski definition) is 4. The van der Waals surface area contributed by atoms with Crippen molar-refractivity contribution in [3.05, 3.63) is 59.7 Å². The lowest BCUT2D eigenvalue weighted by molar-refractivity contribution is 0.0600. The summed E-state index contributed by atoms with van der Waals surface area (Å²) in [7, 11) is 1.30. The lowest BCUT2D eigenvalue weighted by atomic mass is 10.1. The molecule has 0 heterocycles. The van der Waals surface area contributed by atoms with E-state index in [9.17, 15) is 9.59 Å². The molecule has 0 aliphatic carbocycles. The summed E-state index contributed by atoms with van der Waals surface area (Å²) in [5.41, 5.74) is 1.67. The molecule has 0 aliphatic heterocycles. The number of amides is 1. The quantitative estimate of drug-likeness (QED) is 0.878. The SMILES string of the molecule is COC(=O)c1ccc(C)c(NC(=O)Oc2ccccc2)c1. The number of esters is 1. The highest BCUT2D eigenvalue weighted by Gasteiger charge is 2.11. The van der Waals surface area contributed by atoms with Crippen molar-refractivity contribution in [2.75, 3.05) is 12.4 Å². The van der Waals surface area contributed by atoms with E-state index in [4.69, 9.17) is 4.74 Å². The molecular weight excluding hydrogens is 270 g/mol. The van der Waals surface area contributed by atoms with Crippen molar-refractivity contribution in [2.24, 2.45) is 0 Å². The fourth-order valence-electron chi connectivity index (χ4n) is 1.73. The van der Waals surface area contributed by atoms with Crippen LogP contribution in [0, 0.1) is 6.92 Å². The molecule has 2 aromatic carbocycles. The van der Waals surface area contributed by atoms with Crippen LogP contribution >= 0.6 is 0 Å². The van der Waals surface area contributed by atoms with Gasteiger partial charge in [0.15, 0.2) is 0 Å². The van der Waals surface area contributed by atoms with Gasteiger partial charge in [-0.3, -0.25) is 5.32 Å². The molecule has 0 atom stereocenters. The Morgan fingerprint density at radius 1 is 1.05 bits per heavy atom. The van der Waals surface area contributed by atoms with Gasteiger partial charge in [-0.1, -0.05) is 24.3 Å². The second kappa shape index (κ2) is 6.56. The fraction of sp³-hybridized carbons (Fsp3) is 0.125. The third-order valence-corrected chi connectivity index (χ3v) is 2.85. The number of hydrogen-bond donors (Lipinski definition) is 1. The van der Waals surface area contributed by atoms with Crippen molar-refractivity contribution in [1.82, 2.24) is 0 Å². The van der Waals surface area contributed by atoms with E-state index < -0.39 is 12.1 Å². The Hall–Kier alpha value is -2.82. The Kier molecular flexibility index (Phi) is 4.56. The van der Waals surface area contributed by atoms with E-state index in [1.54, 1.807) is 42.5 Å².